The monoisotopic (exact) mass is 287 g/mol. The quantitative estimate of drug-likeness (QED) is 0.817. The molecular weight excluding hydrogens is 262 g/mol. The minimum atomic E-state index is -3.05. The molecule has 2 unspecified atom stereocenters. The van der Waals surface area contributed by atoms with Gasteiger partial charge in [-0.15, -0.1) is 0 Å². The summed E-state index contributed by atoms with van der Waals surface area (Å²) in [6, 6.07) is 1.95. The average molecular weight is 287 g/mol. The first-order valence-electron chi connectivity index (χ1n) is 6.75. The van der Waals surface area contributed by atoms with Gasteiger partial charge in [0.05, 0.1) is 10.9 Å². The van der Waals surface area contributed by atoms with Crippen molar-refractivity contribution in [1.29, 1.82) is 0 Å². The minimum absolute atomic E-state index is 0.0820. The van der Waals surface area contributed by atoms with E-state index in [-0.39, 0.29) is 6.04 Å². The van der Waals surface area contributed by atoms with E-state index < -0.39 is 15.1 Å². The maximum Gasteiger partial charge on any atom is 0.151 e. The first kappa shape index (κ1) is 16.2. The number of likely N-dealkylation sites (N-methyl/N-ethyl adjacent to an activating group) is 1. The Hall–Kier alpha value is -0.880. The van der Waals surface area contributed by atoms with Gasteiger partial charge in [-0.2, -0.15) is 5.10 Å². The van der Waals surface area contributed by atoms with Gasteiger partial charge in [0, 0.05) is 31.0 Å². The van der Waals surface area contributed by atoms with Crippen LogP contribution in [0.5, 0.6) is 0 Å². The zero-order valence-electron chi connectivity index (χ0n) is 12.5. The highest BCUT2D eigenvalue weighted by Crippen LogP contribution is 2.13. The van der Waals surface area contributed by atoms with E-state index in [0.717, 1.165) is 24.5 Å². The average Bonchev–Trinajstić information content (AvgIpc) is 2.66. The predicted molar refractivity (Wildman–Crippen MR) is 78.1 cm³/mol. The van der Waals surface area contributed by atoms with E-state index in [2.05, 4.69) is 10.4 Å². The van der Waals surface area contributed by atoms with E-state index in [1.165, 1.54) is 6.26 Å². The van der Waals surface area contributed by atoms with Gasteiger partial charge in [-0.25, -0.2) is 8.42 Å². The third kappa shape index (κ3) is 4.31. The molecule has 2 atom stereocenters. The summed E-state index contributed by atoms with van der Waals surface area (Å²) < 4.78 is 25.4. The molecule has 6 heteroatoms. The lowest BCUT2D eigenvalue weighted by Gasteiger charge is -2.23. The molecule has 0 aromatic carbocycles. The molecule has 0 fully saturated rings. The van der Waals surface area contributed by atoms with Crippen LogP contribution in [0.4, 0.5) is 0 Å². The summed E-state index contributed by atoms with van der Waals surface area (Å²) in [6.07, 6.45) is 1.97. The highest BCUT2D eigenvalue weighted by Gasteiger charge is 2.26. The highest BCUT2D eigenvalue weighted by molar-refractivity contribution is 7.91. The predicted octanol–water partition coefficient (Wildman–Crippen LogP) is 1.17. The molecule has 19 heavy (non-hydrogen) atoms. The molecule has 0 bridgehead atoms. The smallest absolute Gasteiger partial charge is 0.151 e. The van der Waals surface area contributed by atoms with Crippen LogP contribution in [0, 0.1) is 6.92 Å². The van der Waals surface area contributed by atoms with Crippen LogP contribution in [0.1, 0.15) is 32.2 Å². The van der Waals surface area contributed by atoms with Crippen LogP contribution in [0.3, 0.4) is 0 Å². The number of nitrogens with zero attached hydrogens (tertiary/aromatic N) is 2. The molecule has 0 aliphatic carbocycles. The summed E-state index contributed by atoms with van der Waals surface area (Å²) in [7, 11) is -3.05. The second kappa shape index (κ2) is 6.52. The van der Waals surface area contributed by atoms with E-state index in [9.17, 15) is 8.42 Å². The van der Waals surface area contributed by atoms with Gasteiger partial charge in [0.2, 0.25) is 0 Å². The number of aromatic nitrogens is 2. The summed E-state index contributed by atoms with van der Waals surface area (Å²) in [5.74, 6) is 0. The van der Waals surface area contributed by atoms with E-state index >= 15 is 0 Å². The van der Waals surface area contributed by atoms with Crippen LogP contribution >= 0.6 is 0 Å². The normalized spacial score (nSPS) is 15.4. The topological polar surface area (TPSA) is 64.0 Å². The van der Waals surface area contributed by atoms with Crippen molar-refractivity contribution in [1.82, 2.24) is 15.1 Å². The van der Waals surface area contributed by atoms with Crippen LogP contribution in [0.15, 0.2) is 6.07 Å². The first-order chi connectivity index (χ1) is 8.79. The summed E-state index contributed by atoms with van der Waals surface area (Å²) in [5, 5.41) is 7.27. The summed E-state index contributed by atoms with van der Waals surface area (Å²) in [4.78, 5) is 0. The molecular formula is C13H25N3O2S. The lowest BCUT2D eigenvalue weighted by atomic mass is 10.1. The standard InChI is InChI=1S/C13H25N3O2S/c1-6-14-13(11(4)19(5,17)18)9-12-8-10(3)15-16(12)7-2/h8,11,13-14H,6-7,9H2,1-5H3. The van der Waals surface area contributed by atoms with Crippen LogP contribution in [-0.4, -0.2) is 42.3 Å². The Balaban J connectivity index is 2.95. The minimum Gasteiger partial charge on any atom is -0.313 e. The molecule has 110 valence electrons. The van der Waals surface area contributed by atoms with Crippen molar-refractivity contribution in [2.45, 2.75) is 52.0 Å². The molecule has 0 spiro atoms. The molecule has 1 aromatic heterocycles. The van der Waals surface area contributed by atoms with Crippen molar-refractivity contribution < 1.29 is 8.42 Å². The molecule has 1 rings (SSSR count). The van der Waals surface area contributed by atoms with Crippen molar-refractivity contribution >= 4 is 9.84 Å². The summed E-state index contributed by atoms with van der Waals surface area (Å²) in [5.41, 5.74) is 2.06. The van der Waals surface area contributed by atoms with Crippen LogP contribution in [0.2, 0.25) is 0 Å². The van der Waals surface area contributed by atoms with Gasteiger partial charge in [0.25, 0.3) is 0 Å². The van der Waals surface area contributed by atoms with Crippen molar-refractivity contribution in [2.24, 2.45) is 0 Å². The number of rotatable bonds is 7. The van der Waals surface area contributed by atoms with Crippen LogP contribution in [-0.2, 0) is 22.8 Å². The van der Waals surface area contributed by atoms with E-state index in [4.69, 9.17) is 0 Å². The SMILES string of the molecule is CCNC(Cc1cc(C)nn1CC)C(C)S(C)(=O)=O. The largest absolute Gasteiger partial charge is 0.313 e. The van der Waals surface area contributed by atoms with Crippen LogP contribution < -0.4 is 5.32 Å². The van der Waals surface area contributed by atoms with Crippen molar-refractivity contribution in [2.75, 3.05) is 12.8 Å². The Morgan fingerprint density at radius 1 is 1.42 bits per heavy atom. The van der Waals surface area contributed by atoms with E-state index in [0.29, 0.717) is 6.42 Å². The molecule has 0 saturated carbocycles. The first-order valence-corrected chi connectivity index (χ1v) is 8.70. The maximum atomic E-state index is 11.7. The fourth-order valence-electron chi connectivity index (χ4n) is 2.23. The second-order valence-corrected chi connectivity index (χ2v) is 7.40. The van der Waals surface area contributed by atoms with Gasteiger partial charge in [-0.05, 0) is 33.4 Å². The molecule has 0 aliphatic heterocycles. The van der Waals surface area contributed by atoms with E-state index in [1.54, 1.807) is 6.92 Å². The van der Waals surface area contributed by atoms with Crippen molar-refractivity contribution in [3.63, 3.8) is 0 Å². The maximum absolute atomic E-state index is 11.7. The highest BCUT2D eigenvalue weighted by atomic mass is 32.2. The third-order valence-electron chi connectivity index (χ3n) is 3.42. The van der Waals surface area contributed by atoms with Gasteiger partial charge >= 0.3 is 0 Å². The molecule has 0 aliphatic rings. The Morgan fingerprint density at radius 3 is 2.53 bits per heavy atom. The van der Waals surface area contributed by atoms with E-state index in [1.807, 2.05) is 31.5 Å². The molecule has 0 radical (unpaired) electrons. The fourth-order valence-corrected chi connectivity index (χ4v) is 3.02. The number of hydrogen-bond acceptors (Lipinski definition) is 4. The fraction of sp³-hybridized carbons (Fsp3) is 0.769. The Bertz CT molecular complexity index is 508. The molecule has 1 heterocycles. The molecule has 5 nitrogen and oxygen atoms in total. The van der Waals surface area contributed by atoms with Gasteiger partial charge in [0.15, 0.2) is 9.84 Å². The number of hydrogen-bond donors (Lipinski definition) is 1. The zero-order valence-corrected chi connectivity index (χ0v) is 13.3. The number of sulfone groups is 1. The Labute approximate surface area is 116 Å². The lowest BCUT2D eigenvalue weighted by molar-refractivity contribution is 0.476. The summed E-state index contributed by atoms with van der Waals surface area (Å²) >= 11 is 0. The van der Waals surface area contributed by atoms with Crippen molar-refractivity contribution in [3.05, 3.63) is 17.5 Å². The third-order valence-corrected chi connectivity index (χ3v) is 5.10. The Morgan fingerprint density at radius 2 is 2.05 bits per heavy atom. The zero-order chi connectivity index (χ0) is 14.6. The molecule has 0 amide bonds. The summed E-state index contributed by atoms with van der Waals surface area (Å²) in [6.45, 7) is 9.31. The van der Waals surface area contributed by atoms with Gasteiger partial charge in [-0.3, -0.25) is 4.68 Å². The van der Waals surface area contributed by atoms with Gasteiger partial charge in [0.1, 0.15) is 0 Å². The van der Waals surface area contributed by atoms with Crippen molar-refractivity contribution in [3.8, 4) is 0 Å². The second-order valence-electron chi connectivity index (χ2n) is 5.00. The van der Waals surface area contributed by atoms with Gasteiger partial charge < -0.3 is 5.32 Å². The molecule has 1 N–H and O–H groups in total. The molecule has 1 aromatic rings. The molecule has 0 saturated heterocycles. The number of nitrogens with one attached hydrogen (secondary N) is 1. The Kier molecular flexibility index (Phi) is 5.55. The van der Waals surface area contributed by atoms with Crippen LogP contribution in [0.25, 0.3) is 0 Å². The van der Waals surface area contributed by atoms with Gasteiger partial charge in [-0.1, -0.05) is 6.92 Å². The number of aryl methyl sites for hydroxylation is 2. The lowest BCUT2D eigenvalue weighted by Crippen LogP contribution is -2.44.